The molecule has 5 nitrogen and oxygen atoms in total. The number of aromatic nitrogens is 2. The fraction of sp³-hybridized carbons (Fsp3) is 0.174. The predicted molar refractivity (Wildman–Crippen MR) is 132 cm³/mol. The maximum Gasteiger partial charge on any atom is 0.262 e. The van der Waals surface area contributed by atoms with E-state index in [9.17, 15) is 9.59 Å². The van der Waals surface area contributed by atoms with Gasteiger partial charge in [-0.2, -0.15) is 0 Å². The number of hydrogen-bond acceptors (Lipinski definition) is 6. The van der Waals surface area contributed by atoms with Crippen molar-refractivity contribution in [1.29, 1.82) is 0 Å². The summed E-state index contributed by atoms with van der Waals surface area (Å²) in [6.45, 7) is 0.525. The summed E-state index contributed by atoms with van der Waals surface area (Å²) in [5.74, 6) is 0.0447. The van der Waals surface area contributed by atoms with Crippen molar-refractivity contribution in [2.24, 2.45) is 0 Å². The van der Waals surface area contributed by atoms with Crippen molar-refractivity contribution >= 4 is 57.4 Å². The van der Waals surface area contributed by atoms with Crippen LogP contribution in [-0.2, 0) is 17.8 Å². The van der Waals surface area contributed by atoms with Crippen LogP contribution in [-0.4, -0.2) is 27.5 Å². The number of nitrogens with zero attached hydrogens (tertiary/aromatic N) is 2. The lowest BCUT2D eigenvalue weighted by Gasteiger charge is -2.13. The molecule has 4 rings (SSSR count). The molecule has 158 valence electrons. The number of carbonyl (C=O) groups excluding carboxylic acids is 1. The van der Waals surface area contributed by atoms with E-state index in [0.29, 0.717) is 22.6 Å². The first-order valence-electron chi connectivity index (χ1n) is 9.73. The topological polar surface area (TPSA) is 64.0 Å². The molecule has 0 spiro atoms. The molecule has 2 heterocycles. The summed E-state index contributed by atoms with van der Waals surface area (Å²) in [4.78, 5) is 32.6. The second-order valence-electron chi connectivity index (χ2n) is 6.77. The van der Waals surface area contributed by atoms with Gasteiger partial charge >= 0.3 is 0 Å². The number of hydrogen-bond donors (Lipinski definition) is 1. The molecule has 0 saturated carbocycles. The summed E-state index contributed by atoms with van der Waals surface area (Å²) in [5.41, 5.74) is 1.34. The molecule has 1 amide bonds. The maximum absolute atomic E-state index is 13.1. The minimum absolute atomic E-state index is 0.0715. The molecule has 2 aromatic heterocycles. The van der Waals surface area contributed by atoms with Crippen LogP contribution in [0.3, 0.4) is 0 Å². The molecule has 4 aromatic rings. The van der Waals surface area contributed by atoms with E-state index in [1.165, 1.54) is 16.6 Å². The van der Waals surface area contributed by atoms with Gasteiger partial charge in [-0.05, 0) is 54.5 Å². The number of rotatable bonds is 8. The number of anilines is 1. The molecule has 0 radical (unpaired) electrons. The van der Waals surface area contributed by atoms with E-state index in [1.54, 1.807) is 33.7 Å². The predicted octanol–water partition coefficient (Wildman–Crippen LogP) is 5.15. The number of benzene rings is 2. The number of aryl methyl sites for hydroxylation is 1. The highest BCUT2D eigenvalue weighted by Gasteiger charge is 2.14. The molecule has 0 fully saturated rings. The lowest BCUT2D eigenvalue weighted by Crippen LogP contribution is -2.25. The monoisotopic (exact) mass is 467 g/mol. The largest absolute Gasteiger partial charge is 0.325 e. The maximum atomic E-state index is 13.1. The summed E-state index contributed by atoms with van der Waals surface area (Å²) in [6, 6.07) is 19.1. The van der Waals surface area contributed by atoms with Gasteiger partial charge in [0, 0.05) is 22.0 Å². The Balaban J connectivity index is 1.54. The van der Waals surface area contributed by atoms with E-state index in [4.69, 9.17) is 0 Å². The Bertz CT molecular complexity index is 1250. The van der Waals surface area contributed by atoms with Gasteiger partial charge in [-0.25, -0.2) is 4.98 Å². The molecule has 0 saturated heterocycles. The van der Waals surface area contributed by atoms with Gasteiger partial charge in [0.15, 0.2) is 5.16 Å². The Morgan fingerprint density at radius 1 is 1.13 bits per heavy atom. The molecule has 0 aliphatic heterocycles. The van der Waals surface area contributed by atoms with Crippen molar-refractivity contribution in [3.05, 3.63) is 81.3 Å². The van der Waals surface area contributed by atoms with Gasteiger partial charge in [0.25, 0.3) is 5.56 Å². The molecule has 0 aliphatic rings. The van der Waals surface area contributed by atoms with Crippen molar-refractivity contribution < 1.29 is 4.79 Å². The number of nitrogens with one attached hydrogen (secondary N) is 1. The number of amides is 1. The van der Waals surface area contributed by atoms with Crippen LogP contribution >= 0.6 is 34.9 Å². The molecule has 31 heavy (non-hydrogen) atoms. The molecular formula is C23H21N3O2S3. The van der Waals surface area contributed by atoms with Gasteiger partial charge in [-0.3, -0.25) is 14.2 Å². The molecule has 1 N–H and O–H groups in total. The van der Waals surface area contributed by atoms with Crippen molar-refractivity contribution in [1.82, 2.24) is 9.55 Å². The van der Waals surface area contributed by atoms with Gasteiger partial charge in [0.2, 0.25) is 5.91 Å². The zero-order valence-electron chi connectivity index (χ0n) is 16.9. The average molecular weight is 468 g/mol. The average Bonchev–Trinajstić information content (AvgIpc) is 3.31. The minimum atomic E-state index is -0.129. The SMILES string of the molecule is CSc1cccc(NC(=O)CSc2nc3ccccc3c(=O)n2CCc2cccs2)c1. The first kappa shape index (κ1) is 21.7. The Morgan fingerprint density at radius 3 is 2.81 bits per heavy atom. The Kier molecular flexibility index (Phi) is 7.11. The van der Waals surface area contributed by atoms with Gasteiger partial charge in [0.1, 0.15) is 0 Å². The second kappa shape index (κ2) is 10.2. The smallest absolute Gasteiger partial charge is 0.262 e. The van der Waals surface area contributed by atoms with Gasteiger partial charge in [0.05, 0.1) is 16.7 Å². The lowest BCUT2D eigenvalue weighted by molar-refractivity contribution is -0.113. The van der Waals surface area contributed by atoms with Crippen LogP contribution in [0.1, 0.15) is 4.88 Å². The van der Waals surface area contributed by atoms with Crippen LogP contribution in [0.4, 0.5) is 5.69 Å². The number of para-hydroxylation sites is 1. The molecule has 0 unspecified atom stereocenters. The van der Waals surface area contributed by atoms with E-state index >= 15 is 0 Å². The van der Waals surface area contributed by atoms with E-state index < -0.39 is 0 Å². The highest BCUT2D eigenvalue weighted by Crippen LogP contribution is 2.21. The minimum Gasteiger partial charge on any atom is -0.325 e. The van der Waals surface area contributed by atoms with Crippen LogP contribution in [0.25, 0.3) is 10.9 Å². The summed E-state index contributed by atoms with van der Waals surface area (Å²) < 4.78 is 1.69. The molecule has 0 aliphatic carbocycles. The van der Waals surface area contributed by atoms with Gasteiger partial charge in [-0.1, -0.05) is 36.0 Å². The van der Waals surface area contributed by atoms with Crippen LogP contribution in [0, 0.1) is 0 Å². The van der Waals surface area contributed by atoms with Crippen molar-refractivity contribution in [2.75, 3.05) is 17.3 Å². The number of carbonyl (C=O) groups is 1. The zero-order chi connectivity index (χ0) is 21.6. The normalized spacial score (nSPS) is 11.0. The first-order valence-corrected chi connectivity index (χ1v) is 12.8. The molecule has 2 aromatic carbocycles. The van der Waals surface area contributed by atoms with Crippen molar-refractivity contribution in [2.45, 2.75) is 23.0 Å². The lowest BCUT2D eigenvalue weighted by atomic mass is 10.2. The zero-order valence-corrected chi connectivity index (χ0v) is 19.4. The molecule has 0 bridgehead atoms. The van der Waals surface area contributed by atoms with Crippen molar-refractivity contribution in [3.8, 4) is 0 Å². The Labute approximate surface area is 192 Å². The number of fused-ring (bicyclic) bond motifs is 1. The highest BCUT2D eigenvalue weighted by molar-refractivity contribution is 7.99. The highest BCUT2D eigenvalue weighted by atomic mass is 32.2. The standard InChI is InChI=1S/C23H21N3O2S3/c1-29-18-7-4-6-16(14-18)24-21(27)15-31-23-25-20-10-3-2-9-19(20)22(28)26(23)12-11-17-8-5-13-30-17/h2-10,13-14H,11-12,15H2,1H3,(H,24,27). The fourth-order valence-electron chi connectivity index (χ4n) is 3.16. The summed E-state index contributed by atoms with van der Waals surface area (Å²) >= 11 is 4.59. The van der Waals surface area contributed by atoms with Crippen LogP contribution < -0.4 is 10.9 Å². The molecule has 8 heteroatoms. The van der Waals surface area contributed by atoms with Crippen LogP contribution in [0.2, 0.25) is 0 Å². The summed E-state index contributed by atoms with van der Waals surface area (Å²) in [7, 11) is 0. The fourth-order valence-corrected chi connectivity index (χ4v) is 5.14. The third kappa shape index (κ3) is 5.39. The molecular weight excluding hydrogens is 446 g/mol. The van der Waals surface area contributed by atoms with Crippen LogP contribution in [0.15, 0.2) is 80.9 Å². The quantitative estimate of drug-likeness (QED) is 0.287. The van der Waals surface area contributed by atoms with E-state index in [2.05, 4.69) is 16.4 Å². The van der Waals surface area contributed by atoms with Gasteiger partial charge < -0.3 is 5.32 Å². The number of thioether (sulfide) groups is 2. The van der Waals surface area contributed by atoms with Crippen LogP contribution in [0.5, 0.6) is 0 Å². The first-order chi connectivity index (χ1) is 15.1. The molecule has 0 atom stereocenters. The van der Waals surface area contributed by atoms with Crippen molar-refractivity contribution in [3.63, 3.8) is 0 Å². The third-order valence-electron chi connectivity index (χ3n) is 4.67. The van der Waals surface area contributed by atoms with E-state index in [0.717, 1.165) is 17.0 Å². The Hall–Kier alpha value is -2.55. The second-order valence-corrected chi connectivity index (χ2v) is 9.62. The summed E-state index contributed by atoms with van der Waals surface area (Å²) in [6.07, 6.45) is 2.75. The summed E-state index contributed by atoms with van der Waals surface area (Å²) in [5, 5.41) is 6.11. The van der Waals surface area contributed by atoms with E-state index in [-0.39, 0.29) is 17.2 Å². The van der Waals surface area contributed by atoms with Gasteiger partial charge in [-0.15, -0.1) is 23.1 Å². The Morgan fingerprint density at radius 2 is 2.00 bits per heavy atom. The number of thiophene rings is 1. The van der Waals surface area contributed by atoms with E-state index in [1.807, 2.05) is 60.2 Å². The third-order valence-corrected chi connectivity index (χ3v) is 7.31.